The van der Waals surface area contributed by atoms with Crippen LogP contribution in [0, 0.1) is 0 Å². The summed E-state index contributed by atoms with van der Waals surface area (Å²) in [4.78, 5) is 14.6. The number of fused-ring (bicyclic) bond motifs is 1. The zero-order chi connectivity index (χ0) is 16.8. The van der Waals surface area contributed by atoms with Crippen molar-refractivity contribution in [2.75, 3.05) is 45.9 Å². The first-order chi connectivity index (χ1) is 11.7. The summed E-state index contributed by atoms with van der Waals surface area (Å²) in [5.41, 5.74) is 1.65. The van der Waals surface area contributed by atoms with Crippen LogP contribution >= 0.6 is 0 Å². The van der Waals surface area contributed by atoms with Gasteiger partial charge >= 0.3 is 0 Å². The van der Waals surface area contributed by atoms with Gasteiger partial charge in [-0.2, -0.15) is 0 Å². The summed E-state index contributed by atoms with van der Waals surface area (Å²) in [5.74, 6) is 6.56. The van der Waals surface area contributed by atoms with Crippen molar-refractivity contribution in [2.24, 2.45) is 5.84 Å². The second-order valence-corrected chi connectivity index (χ2v) is 6.34. The second kappa shape index (κ2) is 8.28. The van der Waals surface area contributed by atoms with Crippen molar-refractivity contribution >= 4 is 12.0 Å². The fraction of sp³-hybridized carbons (Fsp3) is 0.500. The number of nitrogens with two attached hydrogens (primary N) is 1. The summed E-state index contributed by atoms with van der Waals surface area (Å²) >= 11 is 0. The van der Waals surface area contributed by atoms with Gasteiger partial charge in [-0.1, -0.05) is 18.2 Å². The van der Waals surface area contributed by atoms with Gasteiger partial charge in [-0.15, -0.1) is 0 Å². The average Bonchev–Trinajstić information content (AvgIpc) is 2.62. The van der Waals surface area contributed by atoms with Crippen molar-refractivity contribution < 1.29 is 9.53 Å². The van der Waals surface area contributed by atoms with Crippen LogP contribution in [0.2, 0.25) is 0 Å². The Bertz CT molecular complexity index is 594. The molecule has 130 valence electrons. The van der Waals surface area contributed by atoms with Crippen LogP contribution in [0.3, 0.4) is 0 Å². The van der Waals surface area contributed by atoms with Gasteiger partial charge in [0.15, 0.2) is 0 Å². The number of nitrogens with zero attached hydrogens (tertiary/aromatic N) is 2. The van der Waals surface area contributed by atoms with Crippen molar-refractivity contribution in [1.29, 1.82) is 0 Å². The number of carbonyl (C=O) groups is 1. The molecule has 1 aromatic rings. The molecule has 2 aliphatic heterocycles. The Morgan fingerprint density at radius 1 is 1.17 bits per heavy atom. The molecular formula is C18H26N4O2. The van der Waals surface area contributed by atoms with E-state index in [4.69, 9.17) is 10.6 Å². The molecule has 1 saturated heterocycles. The Labute approximate surface area is 143 Å². The molecule has 1 aromatic carbocycles. The number of ether oxygens (including phenoxy) is 1. The SMILES string of the molecule is NN1CCN(CCCCNC(=O)C2=Cc3ccccc3OC2)CC1. The number of hydrazine groups is 1. The van der Waals surface area contributed by atoms with Crippen LogP contribution in [0.4, 0.5) is 0 Å². The Morgan fingerprint density at radius 2 is 1.96 bits per heavy atom. The molecule has 0 radical (unpaired) electrons. The summed E-state index contributed by atoms with van der Waals surface area (Å²) in [6.07, 6.45) is 3.99. The number of unbranched alkanes of at least 4 members (excludes halogenated alkanes) is 1. The van der Waals surface area contributed by atoms with Crippen molar-refractivity contribution in [3.05, 3.63) is 35.4 Å². The predicted molar refractivity (Wildman–Crippen MR) is 94.4 cm³/mol. The highest BCUT2D eigenvalue weighted by molar-refractivity contribution is 5.99. The highest BCUT2D eigenvalue weighted by Gasteiger charge is 2.16. The van der Waals surface area contributed by atoms with Crippen LogP contribution in [-0.4, -0.2) is 61.7 Å². The van der Waals surface area contributed by atoms with Crippen molar-refractivity contribution in [3.63, 3.8) is 0 Å². The van der Waals surface area contributed by atoms with Crippen LogP contribution in [0.1, 0.15) is 18.4 Å². The number of hydrogen-bond acceptors (Lipinski definition) is 5. The largest absolute Gasteiger partial charge is 0.488 e. The average molecular weight is 330 g/mol. The van der Waals surface area contributed by atoms with Crippen molar-refractivity contribution in [3.8, 4) is 5.75 Å². The Morgan fingerprint density at radius 3 is 2.79 bits per heavy atom. The molecule has 0 spiro atoms. The first-order valence-corrected chi connectivity index (χ1v) is 8.65. The fourth-order valence-electron chi connectivity index (χ4n) is 3.01. The van der Waals surface area contributed by atoms with E-state index >= 15 is 0 Å². The maximum atomic E-state index is 12.2. The number of nitrogens with one attached hydrogen (secondary N) is 1. The minimum absolute atomic E-state index is 0.0266. The monoisotopic (exact) mass is 330 g/mol. The van der Waals surface area contributed by atoms with Crippen LogP contribution in [-0.2, 0) is 4.79 Å². The lowest BCUT2D eigenvalue weighted by atomic mass is 10.1. The molecule has 24 heavy (non-hydrogen) atoms. The highest BCUT2D eigenvalue weighted by Crippen LogP contribution is 2.25. The summed E-state index contributed by atoms with van der Waals surface area (Å²) in [7, 11) is 0. The molecule has 1 fully saturated rings. The molecule has 0 unspecified atom stereocenters. The number of benzene rings is 1. The third-order valence-electron chi connectivity index (χ3n) is 4.52. The third-order valence-corrected chi connectivity index (χ3v) is 4.52. The normalized spacial score (nSPS) is 18.5. The van der Waals surface area contributed by atoms with Gasteiger partial charge < -0.3 is 15.0 Å². The third kappa shape index (κ3) is 4.56. The van der Waals surface area contributed by atoms with E-state index in [0.29, 0.717) is 18.7 Å². The molecule has 0 bridgehead atoms. The summed E-state index contributed by atoms with van der Waals surface area (Å²) in [6.45, 7) is 6.06. The molecule has 2 heterocycles. The van der Waals surface area contributed by atoms with Gasteiger partial charge in [0.25, 0.3) is 5.91 Å². The van der Waals surface area contributed by atoms with Gasteiger partial charge in [-0.25, -0.2) is 5.01 Å². The van der Waals surface area contributed by atoms with E-state index in [1.165, 1.54) is 0 Å². The Balaban J connectivity index is 1.35. The quantitative estimate of drug-likeness (QED) is 0.598. The number of amides is 1. The predicted octanol–water partition coefficient (Wildman–Crippen LogP) is 0.850. The standard InChI is InChI=1S/C18H26N4O2/c19-22-11-9-21(10-12-22)8-4-3-7-20-18(23)16-13-15-5-1-2-6-17(15)24-14-16/h1-2,5-6,13H,3-4,7-12,14,19H2,(H,20,23). The topological polar surface area (TPSA) is 70.8 Å². The van der Waals surface area contributed by atoms with E-state index in [9.17, 15) is 4.79 Å². The van der Waals surface area contributed by atoms with Gasteiger partial charge in [-0.05, 0) is 31.5 Å². The lowest BCUT2D eigenvalue weighted by Gasteiger charge is -2.31. The molecule has 3 N–H and O–H groups in total. The lowest BCUT2D eigenvalue weighted by Crippen LogP contribution is -2.49. The number of piperazine rings is 1. The van der Waals surface area contributed by atoms with Gasteiger partial charge in [0.1, 0.15) is 12.4 Å². The van der Waals surface area contributed by atoms with E-state index in [1.807, 2.05) is 35.4 Å². The molecule has 6 heteroatoms. The zero-order valence-electron chi connectivity index (χ0n) is 14.0. The summed E-state index contributed by atoms with van der Waals surface area (Å²) in [6, 6.07) is 7.77. The smallest absolute Gasteiger partial charge is 0.250 e. The van der Waals surface area contributed by atoms with Crippen LogP contribution in [0.15, 0.2) is 29.8 Å². The summed E-state index contributed by atoms with van der Waals surface area (Å²) in [5, 5.41) is 4.86. The number of hydrogen-bond donors (Lipinski definition) is 2. The molecule has 0 saturated carbocycles. The van der Waals surface area contributed by atoms with E-state index < -0.39 is 0 Å². The van der Waals surface area contributed by atoms with E-state index in [0.717, 1.165) is 56.9 Å². The molecule has 0 atom stereocenters. The fourth-order valence-corrected chi connectivity index (χ4v) is 3.01. The van der Waals surface area contributed by atoms with Crippen LogP contribution in [0.25, 0.3) is 6.08 Å². The Hall–Kier alpha value is -1.89. The molecule has 6 nitrogen and oxygen atoms in total. The number of carbonyl (C=O) groups excluding carboxylic acids is 1. The van der Waals surface area contributed by atoms with E-state index in [-0.39, 0.29) is 5.91 Å². The van der Waals surface area contributed by atoms with Gasteiger partial charge in [0.05, 0.1) is 5.57 Å². The van der Waals surface area contributed by atoms with Crippen LogP contribution < -0.4 is 15.9 Å². The highest BCUT2D eigenvalue weighted by atomic mass is 16.5. The van der Waals surface area contributed by atoms with Crippen molar-refractivity contribution in [2.45, 2.75) is 12.8 Å². The molecule has 0 aliphatic carbocycles. The van der Waals surface area contributed by atoms with Crippen molar-refractivity contribution in [1.82, 2.24) is 15.2 Å². The first kappa shape index (κ1) is 17.0. The molecule has 3 rings (SSSR count). The first-order valence-electron chi connectivity index (χ1n) is 8.65. The molecule has 1 amide bonds. The second-order valence-electron chi connectivity index (χ2n) is 6.34. The molecule has 2 aliphatic rings. The zero-order valence-corrected chi connectivity index (χ0v) is 14.0. The maximum Gasteiger partial charge on any atom is 0.250 e. The molecule has 0 aromatic heterocycles. The van der Waals surface area contributed by atoms with Gasteiger partial charge in [0.2, 0.25) is 0 Å². The number of para-hydroxylation sites is 1. The molecular weight excluding hydrogens is 304 g/mol. The summed E-state index contributed by atoms with van der Waals surface area (Å²) < 4.78 is 5.62. The minimum Gasteiger partial charge on any atom is -0.488 e. The van der Waals surface area contributed by atoms with Crippen LogP contribution in [0.5, 0.6) is 5.75 Å². The minimum atomic E-state index is -0.0266. The van der Waals surface area contributed by atoms with Gasteiger partial charge in [-0.3, -0.25) is 10.6 Å². The lowest BCUT2D eigenvalue weighted by molar-refractivity contribution is -0.117. The number of rotatable bonds is 6. The van der Waals surface area contributed by atoms with E-state index in [1.54, 1.807) is 0 Å². The van der Waals surface area contributed by atoms with Gasteiger partial charge in [0, 0.05) is 38.3 Å². The Kier molecular flexibility index (Phi) is 5.85. The maximum absolute atomic E-state index is 12.2. The van der Waals surface area contributed by atoms with E-state index in [2.05, 4.69) is 10.2 Å².